The molecule has 0 saturated heterocycles. The van der Waals surface area contributed by atoms with Gasteiger partial charge >= 0.3 is 6.18 Å². The van der Waals surface area contributed by atoms with Gasteiger partial charge in [-0.1, -0.05) is 12.1 Å². The molecule has 0 aliphatic heterocycles. The molecule has 0 radical (unpaired) electrons. The van der Waals surface area contributed by atoms with Crippen LogP contribution in [0.3, 0.4) is 0 Å². The van der Waals surface area contributed by atoms with Crippen molar-refractivity contribution in [1.82, 2.24) is 0 Å². The third kappa shape index (κ3) is 2.41. The van der Waals surface area contributed by atoms with Crippen molar-refractivity contribution in [2.75, 3.05) is 0 Å². The van der Waals surface area contributed by atoms with Crippen molar-refractivity contribution in [1.29, 1.82) is 0 Å². The largest absolute Gasteiger partial charge is 0.469 e. The number of aryl methyl sites for hydroxylation is 1. The van der Waals surface area contributed by atoms with Gasteiger partial charge < -0.3 is 10.2 Å². The van der Waals surface area contributed by atoms with Crippen LogP contribution in [-0.4, -0.2) is 0 Å². The highest BCUT2D eigenvalue weighted by atomic mass is 19.4. The number of furan rings is 1. The van der Waals surface area contributed by atoms with E-state index in [1.165, 1.54) is 18.4 Å². The highest BCUT2D eigenvalue weighted by molar-refractivity contribution is 5.34. The maximum absolute atomic E-state index is 12.4. The Morgan fingerprint density at radius 1 is 1.11 bits per heavy atom. The van der Waals surface area contributed by atoms with Crippen LogP contribution in [0.15, 0.2) is 41.0 Å². The summed E-state index contributed by atoms with van der Waals surface area (Å²) in [5.74, 6) is 0.669. The minimum atomic E-state index is -4.33. The molecule has 1 atom stereocenters. The number of hydrogen-bond acceptors (Lipinski definition) is 2. The van der Waals surface area contributed by atoms with Crippen LogP contribution in [-0.2, 0) is 6.18 Å². The van der Waals surface area contributed by atoms with E-state index < -0.39 is 17.8 Å². The molecule has 0 amide bonds. The van der Waals surface area contributed by atoms with Crippen molar-refractivity contribution in [3.8, 4) is 0 Å². The van der Waals surface area contributed by atoms with Crippen molar-refractivity contribution < 1.29 is 17.6 Å². The fraction of sp³-hybridized carbons (Fsp3) is 0.231. The second-order valence-corrected chi connectivity index (χ2v) is 4.03. The summed E-state index contributed by atoms with van der Waals surface area (Å²) in [7, 11) is 0. The highest BCUT2D eigenvalue weighted by Crippen LogP contribution is 2.31. The second kappa shape index (κ2) is 4.49. The fourth-order valence-corrected chi connectivity index (χ4v) is 1.78. The van der Waals surface area contributed by atoms with Gasteiger partial charge in [0, 0.05) is 5.56 Å². The smallest absolute Gasteiger partial charge is 0.416 e. The van der Waals surface area contributed by atoms with Gasteiger partial charge in [-0.25, -0.2) is 0 Å². The van der Waals surface area contributed by atoms with Gasteiger partial charge in [0.05, 0.1) is 17.9 Å². The first kappa shape index (κ1) is 12.7. The molecule has 1 aromatic heterocycles. The SMILES string of the molecule is Cc1occc1C(N)c1ccc(C(F)(F)F)cc1. The lowest BCUT2D eigenvalue weighted by Gasteiger charge is -2.13. The summed E-state index contributed by atoms with van der Waals surface area (Å²) in [5, 5.41) is 0. The predicted octanol–water partition coefficient (Wildman–Crippen LogP) is 3.65. The van der Waals surface area contributed by atoms with Crippen LogP contribution in [0.4, 0.5) is 13.2 Å². The van der Waals surface area contributed by atoms with E-state index in [4.69, 9.17) is 10.2 Å². The van der Waals surface area contributed by atoms with Gasteiger partial charge in [0.2, 0.25) is 0 Å². The van der Waals surface area contributed by atoms with E-state index in [0.717, 1.165) is 17.7 Å². The Morgan fingerprint density at radius 3 is 2.17 bits per heavy atom. The van der Waals surface area contributed by atoms with Crippen LogP contribution in [0.2, 0.25) is 0 Å². The molecule has 18 heavy (non-hydrogen) atoms. The summed E-state index contributed by atoms with van der Waals surface area (Å²) in [6.45, 7) is 1.76. The van der Waals surface area contributed by atoms with Crippen LogP contribution in [0.5, 0.6) is 0 Å². The van der Waals surface area contributed by atoms with Crippen LogP contribution < -0.4 is 5.73 Å². The van der Waals surface area contributed by atoms with E-state index in [0.29, 0.717) is 11.3 Å². The molecular weight excluding hydrogens is 243 g/mol. The minimum absolute atomic E-state index is 0.481. The quantitative estimate of drug-likeness (QED) is 0.889. The Balaban J connectivity index is 2.28. The molecular formula is C13H12F3NO. The topological polar surface area (TPSA) is 39.2 Å². The fourth-order valence-electron chi connectivity index (χ4n) is 1.78. The van der Waals surface area contributed by atoms with Gasteiger partial charge in [-0.3, -0.25) is 0 Å². The number of rotatable bonds is 2. The zero-order chi connectivity index (χ0) is 13.3. The summed E-state index contributed by atoms with van der Waals surface area (Å²) >= 11 is 0. The van der Waals surface area contributed by atoms with Gasteiger partial charge in [-0.05, 0) is 30.7 Å². The highest BCUT2D eigenvalue weighted by Gasteiger charge is 2.30. The Bertz CT molecular complexity index is 528. The van der Waals surface area contributed by atoms with E-state index in [9.17, 15) is 13.2 Å². The minimum Gasteiger partial charge on any atom is -0.469 e. The Hall–Kier alpha value is -1.75. The molecule has 1 heterocycles. The molecule has 5 heteroatoms. The van der Waals surface area contributed by atoms with Gasteiger partial charge in [-0.2, -0.15) is 13.2 Å². The monoisotopic (exact) mass is 255 g/mol. The molecule has 0 fully saturated rings. The van der Waals surface area contributed by atoms with Crippen molar-refractivity contribution >= 4 is 0 Å². The molecule has 2 aromatic rings. The molecule has 2 nitrogen and oxygen atoms in total. The van der Waals surface area contributed by atoms with E-state index >= 15 is 0 Å². The summed E-state index contributed by atoms with van der Waals surface area (Å²) in [6, 6.07) is 6.08. The number of benzene rings is 1. The third-order valence-electron chi connectivity index (χ3n) is 2.83. The molecule has 2 rings (SSSR count). The molecule has 0 spiro atoms. The Kier molecular flexibility index (Phi) is 3.17. The van der Waals surface area contributed by atoms with Crippen LogP contribution in [0.1, 0.15) is 28.5 Å². The van der Waals surface area contributed by atoms with Crippen LogP contribution in [0, 0.1) is 6.92 Å². The molecule has 1 unspecified atom stereocenters. The Labute approximate surface area is 102 Å². The second-order valence-electron chi connectivity index (χ2n) is 4.03. The normalized spacial score (nSPS) is 13.6. The average molecular weight is 255 g/mol. The van der Waals surface area contributed by atoms with Gasteiger partial charge in [0.15, 0.2) is 0 Å². The van der Waals surface area contributed by atoms with Gasteiger partial charge in [-0.15, -0.1) is 0 Å². The molecule has 0 aliphatic carbocycles. The average Bonchev–Trinajstić information content (AvgIpc) is 2.73. The van der Waals surface area contributed by atoms with Crippen molar-refractivity contribution in [2.45, 2.75) is 19.1 Å². The Morgan fingerprint density at radius 2 is 1.72 bits per heavy atom. The first-order valence-corrected chi connectivity index (χ1v) is 5.36. The van der Waals surface area contributed by atoms with E-state index in [1.807, 2.05) is 0 Å². The van der Waals surface area contributed by atoms with Crippen molar-refractivity contribution in [3.05, 3.63) is 59.0 Å². The number of hydrogen-bond donors (Lipinski definition) is 1. The zero-order valence-corrected chi connectivity index (χ0v) is 9.66. The lowest BCUT2D eigenvalue weighted by atomic mass is 9.99. The number of nitrogens with two attached hydrogens (primary N) is 1. The first-order valence-electron chi connectivity index (χ1n) is 5.36. The maximum atomic E-state index is 12.4. The number of halogens is 3. The van der Waals surface area contributed by atoms with Crippen molar-refractivity contribution in [3.63, 3.8) is 0 Å². The molecule has 0 bridgehead atoms. The zero-order valence-electron chi connectivity index (χ0n) is 9.66. The number of alkyl halides is 3. The summed E-state index contributed by atoms with van der Waals surface area (Å²) in [6.07, 6.45) is -2.82. The molecule has 0 aliphatic rings. The molecule has 2 N–H and O–H groups in total. The van der Waals surface area contributed by atoms with E-state index in [2.05, 4.69) is 0 Å². The first-order chi connectivity index (χ1) is 8.39. The van der Waals surface area contributed by atoms with E-state index in [-0.39, 0.29) is 0 Å². The summed E-state index contributed by atoms with van der Waals surface area (Å²) in [5.41, 5.74) is 6.69. The summed E-state index contributed by atoms with van der Waals surface area (Å²) < 4.78 is 42.4. The van der Waals surface area contributed by atoms with E-state index in [1.54, 1.807) is 13.0 Å². The van der Waals surface area contributed by atoms with Crippen LogP contribution >= 0.6 is 0 Å². The maximum Gasteiger partial charge on any atom is 0.416 e. The predicted molar refractivity (Wildman–Crippen MR) is 60.9 cm³/mol. The summed E-state index contributed by atoms with van der Waals surface area (Å²) in [4.78, 5) is 0. The lowest BCUT2D eigenvalue weighted by Crippen LogP contribution is -2.13. The van der Waals surface area contributed by atoms with Gasteiger partial charge in [0.1, 0.15) is 5.76 Å². The third-order valence-corrected chi connectivity index (χ3v) is 2.83. The van der Waals surface area contributed by atoms with Crippen LogP contribution in [0.25, 0.3) is 0 Å². The van der Waals surface area contributed by atoms with Gasteiger partial charge in [0.25, 0.3) is 0 Å². The molecule has 96 valence electrons. The standard InChI is InChI=1S/C13H12F3NO/c1-8-11(6-7-18-8)12(17)9-2-4-10(5-3-9)13(14,15)16/h2-7,12H,17H2,1H3. The molecule has 0 saturated carbocycles. The lowest BCUT2D eigenvalue weighted by molar-refractivity contribution is -0.137. The molecule has 1 aromatic carbocycles. The van der Waals surface area contributed by atoms with Crippen molar-refractivity contribution in [2.24, 2.45) is 5.73 Å².